The first-order valence-corrected chi connectivity index (χ1v) is 16.6. The SMILES string of the molecule is CCCCNC(=O)C(C)N(Cc1ccc(Br)cc1)C(=O)CN(c1ccc(OCC)cc1)S(=O)(=O)c1ccc(OC)c(OC)c1. The lowest BCUT2D eigenvalue weighted by atomic mass is 10.1. The van der Waals surface area contributed by atoms with Gasteiger partial charge in [-0.05, 0) is 74.4 Å². The number of carbonyl (C=O) groups excluding carboxylic acids is 2. The van der Waals surface area contributed by atoms with E-state index in [9.17, 15) is 18.0 Å². The molecule has 10 nitrogen and oxygen atoms in total. The fourth-order valence-electron chi connectivity index (χ4n) is 4.41. The largest absolute Gasteiger partial charge is 0.494 e. The highest BCUT2D eigenvalue weighted by molar-refractivity contribution is 9.10. The maximum Gasteiger partial charge on any atom is 0.264 e. The summed E-state index contributed by atoms with van der Waals surface area (Å²) in [5.41, 5.74) is 1.03. The monoisotopic (exact) mass is 689 g/mol. The van der Waals surface area contributed by atoms with Crippen molar-refractivity contribution in [1.82, 2.24) is 10.2 Å². The van der Waals surface area contributed by atoms with E-state index < -0.39 is 28.5 Å². The average molecular weight is 691 g/mol. The van der Waals surface area contributed by atoms with Gasteiger partial charge in [0, 0.05) is 23.6 Å². The molecular weight excluding hydrogens is 650 g/mol. The normalized spacial score (nSPS) is 11.8. The van der Waals surface area contributed by atoms with E-state index in [4.69, 9.17) is 14.2 Å². The second kappa shape index (κ2) is 16.3. The van der Waals surface area contributed by atoms with Crippen LogP contribution in [0.1, 0.15) is 39.2 Å². The highest BCUT2D eigenvalue weighted by Gasteiger charge is 2.33. The molecule has 0 aliphatic heterocycles. The van der Waals surface area contributed by atoms with Gasteiger partial charge in [-0.2, -0.15) is 0 Å². The van der Waals surface area contributed by atoms with Crippen LogP contribution in [0.5, 0.6) is 17.2 Å². The van der Waals surface area contributed by atoms with Gasteiger partial charge < -0.3 is 24.4 Å². The minimum absolute atomic E-state index is 0.0957. The molecular formula is C32H40BrN3O7S. The van der Waals surface area contributed by atoms with E-state index in [1.807, 2.05) is 38.1 Å². The smallest absolute Gasteiger partial charge is 0.264 e. The van der Waals surface area contributed by atoms with Crippen molar-refractivity contribution in [3.63, 3.8) is 0 Å². The number of halogens is 1. The Morgan fingerprint density at radius 1 is 0.932 bits per heavy atom. The molecule has 0 saturated carbocycles. The van der Waals surface area contributed by atoms with Crippen LogP contribution in [0.15, 0.2) is 76.1 Å². The third-order valence-corrected chi connectivity index (χ3v) is 9.22. The molecule has 1 unspecified atom stereocenters. The zero-order valence-electron chi connectivity index (χ0n) is 25.7. The van der Waals surface area contributed by atoms with Crippen molar-refractivity contribution < 1.29 is 32.2 Å². The second-order valence-electron chi connectivity index (χ2n) is 9.92. The Hall–Kier alpha value is -3.77. The van der Waals surface area contributed by atoms with Crippen molar-refractivity contribution in [2.45, 2.75) is 51.1 Å². The predicted molar refractivity (Wildman–Crippen MR) is 174 cm³/mol. The summed E-state index contributed by atoms with van der Waals surface area (Å²) >= 11 is 3.42. The fraction of sp³-hybridized carbons (Fsp3) is 0.375. The van der Waals surface area contributed by atoms with E-state index in [0.717, 1.165) is 27.2 Å². The minimum Gasteiger partial charge on any atom is -0.494 e. The van der Waals surface area contributed by atoms with Crippen molar-refractivity contribution in [3.8, 4) is 17.2 Å². The van der Waals surface area contributed by atoms with Crippen molar-refractivity contribution in [2.75, 3.05) is 38.2 Å². The molecule has 0 heterocycles. The second-order valence-corrected chi connectivity index (χ2v) is 12.7. The topological polar surface area (TPSA) is 114 Å². The van der Waals surface area contributed by atoms with Gasteiger partial charge >= 0.3 is 0 Å². The van der Waals surface area contributed by atoms with Gasteiger partial charge in [-0.25, -0.2) is 8.42 Å². The van der Waals surface area contributed by atoms with Crippen molar-refractivity contribution in [1.29, 1.82) is 0 Å². The number of carbonyl (C=O) groups is 2. The molecule has 3 aromatic rings. The summed E-state index contributed by atoms with van der Waals surface area (Å²) in [6.07, 6.45) is 1.70. The Labute approximate surface area is 268 Å². The average Bonchev–Trinajstić information content (AvgIpc) is 3.03. The molecule has 0 aromatic heterocycles. The standard InChI is InChI=1S/C32H40BrN3O7S/c1-6-8-19-34-32(38)23(3)35(21-24-9-11-25(33)12-10-24)31(37)22-36(26-13-15-27(16-14-26)43-7-2)44(39,40)28-17-18-29(41-4)30(20-28)42-5/h9-18,20,23H,6-8,19,21-22H2,1-5H3,(H,34,38). The molecule has 0 radical (unpaired) electrons. The first-order chi connectivity index (χ1) is 21.0. The van der Waals surface area contributed by atoms with Gasteiger partial charge in [-0.3, -0.25) is 13.9 Å². The third kappa shape index (κ3) is 8.88. The lowest BCUT2D eigenvalue weighted by Gasteiger charge is -2.32. The molecule has 0 bridgehead atoms. The molecule has 12 heteroatoms. The summed E-state index contributed by atoms with van der Waals surface area (Å²) in [5.74, 6) is 0.267. The minimum atomic E-state index is -4.30. The molecule has 3 rings (SSSR count). The Morgan fingerprint density at radius 3 is 2.18 bits per heavy atom. The number of unbranched alkanes of at least 4 members (excludes halogenated alkanes) is 1. The van der Waals surface area contributed by atoms with Crippen molar-refractivity contribution in [2.24, 2.45) is 0 Å². The number of rotatable bonds is 16. The van der Waals surface area contributed by atoms with E-state index >= 15 is 0 Å². The van der Waals surface area contributed by atoms with Gasteiger partial charge in [0.15, 0.2) is 11.5 Å². The predicted octanol–water partition coefficient (Wildman–Crippen LogP) is 5.39. The molecule has 2 amide bonds. The van der Waals surface area contributed by atoms with Crippen LogP contribution in [-0.4, -0.2) is 65.1 Å². The summed E-state index contributed by atoms with van der Waals surface area (Å²) in [7, 11) is -1.44. The van der Waals surface area contributed by atoms with Crippen LogP contribution in [0.4, 0.5) is 5.69 Å². The number of hydrogen-bond donors (Lipinski definition) is 1. The molecule has 44 heavy (non-hydrogen) atoms. The highest BCUT2D eigenvalue weighted by Crippen LogP contribution is 2.33. The summed E-state index contributed by atoms with van der Waals surface area (Å²) in [6, 6.07) is 17.2. The molecule has 0 aliphatic rings. The first-order valence-electron chi connectivity index (χ1n) is 14.3. The highest BCUT2D eigenvalue weighted by atomic mass is 79.9. The first kappa shape index (κ1) is 34.7. The molecule has 3 aromatic carbocycles. The Bertz CT molecular complexity index is 1500. The Kier molecular flexibility index (Phi) is 12.9. The summed E-state index contributed by atoms with van der Waals surface area (Å²) < 4.78 is 46.4. The Balaban J connectivity index is 2.05. The Morgan fingerprint density at radius 2 is 1.59 bits per heavy atom. The van der Waals surface area contributed by atoms with Crippen LogP contribution in [0.2, 0.25) is 0 Å². The number of hydrogen-bond acceptors (Lipinski definition) is 7. The molecule has 0 aliphatic carbocycles. The number of ether oxygens (including phenoxy) is 3. The van der Waals surface area contributed by atoms with Crippen LogP contribution in [0.25, 0.3) is 0 Å². The molecule has 238 valence electrons. The lowest BCUT2D eigenvalue weighted by Crippen LogP contribution is -2.51. The number of amides is 2. The number of nitrogens with zero attached hydrogens (tertiary/aromatic N) is 2. The zero-order valence-corrected chi connectivity index (χ0v) is 28.1. The van der Waals surface area contributed by atoms with Crippen molar-refractivity contribution >= 4 is 43.5 Å². The molecule has 1 atom stereocenters. The molecule has 0 saturated heterocycles. The van der Waals surface area contributed by atoms with Gasteiger partial charge in [0.25, 0.3) is 10.0 Å². The van der Waals surface area contributed by atoms with Gasteiger partial charge in [0.1, 0.15) is 18.3 Å². The van der Waals surface area contributed by atoms with Crippen LogP contribution in [0, 0.1) is 0 Å². The van der Waals surface area contributed by atoms with Gasteiger partial charge in [-0.15, -0.1) is 0 Å². The van der Waals surface area contributed by atoms with E-state index in [0.29, 0.717) is 24.7 Å². The van der Waals surface area contributed by atoms with Crippen LogP contribution >= 0.6 is 15.9 Å². The van der Waals surface area contributed by atoms with E-state index in [1.54, 1.807) is 31.2 Å². The van der Waals surface area contributed by atoms with E-state index in [1.165, 1.54) is 37.3 Å². The third-order valence-electron chi connectivity index (χ3n) is 6.92. The number of methoxy groups -OCH3 is 2. The molecule has 0 fully saturated rings. The molecule has 1 N–H and O–H groups in total. The molecule has 0 spiro atoms. The van der Waals surface area contributed by atoms with E-state index in [-0.39, 0.29) is 28.8 Å². The van der Waals surface area contributed by atoms with Crippen molar-refractivity contribution in [3.05, 3.63) is 76.8 Å². The fourth-order valence-corrected chi connectivity index (χ4v) is 6.11. The van der Waals surface area contributed by atoms with Crippen LogP contribution < -0.4 is 23.8 Å². The maximum absolute atomic E-state index is 14.2. The summed E-state index contributed by atoms with van der Waals surface area (Å²) in [4.78, 5) is 28.5. The number of benzene rings is 3. The quantitative estimate of drug-likeness (QED) is 0.201. The van der Waals surface area contributed by atoms with Gasteiger partial charge in [0.2, 0.25) is 11.8 Å². The number of nitrogens with one attached hydrogen (secondary N) is 1. The van der Waals surface area contributed by atoms with Gasteiger partial charge in [0.05, 0.1) is 31.4 Å². The van der Waals surface area contributed by atoms with Crippen LogP contribution in [0.3, 0.4) is 0 Å². The number of anilines is 1. The zero-order chi connectivity index (χ0) is 32.3. The van der Waals surface area contributed by atoms with Crippen LogP contribution in [-0.2, 0) is 26.2 Å². The maximum atomic E-state index is 14.2. The summed E-state index contributed by atoms with van der Waals surface area (Å²) in [6.45, 7) is 5.96. The lowest BCUT2D eigenvalue weighted by molar-refractivity contribution is -0.139. The summed E-state index contributed by atoms with van der Waals surface area (Å²) in [5, 5.41) is 2.88. The number of sulfonamides is 1. The van der Waals surface area contributed by atoms with Gasteiger partial charge in [-0.1, -0.05) is 41.4 Å². The van der Waals surface area contributed by atoms with E-state index in [2.05, 4.69) is 21.2 Å².